The molecule has 0 aliphatic rings. The van der Waals surface area contributed by atoms with Crippen LogP contribution < -0.4 is 5.32 Å². The topological polar surface area (TPSA) is 39.1 Å². The van der Waals surface area contributed by atoms with E-state index in [0.29, 0.717) is 13.1 Å². The fraction of sp³-hybridized carbons (Fsp3) is 0.700. The van der Waals surface area contributed by atoms with E-state index in [2.05, 4.69) is 15.2 Å². The molecule has 0 aliphatic heterocycles. The Morgan fingerprint density at radius 3 is 2.71 bits per heavy atom. The van der Waals surface area contributed by atoms with Crippen LogP contribution in [0.1, 0.15) is 11.4 Å². The van der Waals surface area contributed by atoms with Crippen molar-refractivity contribution in [2.45, 2.75) is 19.6 Å². The van der Waals surface area contributed by atoms with Crippen LogP contribution in [-0.4, -0.2) is 35.7 Å². The van der Waals surface area contributed by atoms with Gasteiger partial charge < -0.3 is 10.1 Å². The summed E-state index contributed by atoms with van der Waals surface area (Å²) in [5, 5.41) is 7.14. The van der Waals surface area contributed by atoms with E-state index < -0.39 is 12.8 Å². The van der Waals surface area contributed by atoms with Crippen LogP contribution in [0, 0.1) is 6.92 Å². The average Bonchev–Trinajstić information content (AvgIpc) is 2.49. The number of alkyl halides is 3. The van der Waals surface area contributed by atoms with Crippen LogP contribution in [-0.2, 0) is 18.3 Å². The van der Waals surface area contributed by atoms with Crippen molar-refractivity contribution in [1.29, 1.82) is 0 Å². The summed E-state index contributed by atoms with van der Waals surface area (Å²) in [5.41, 5.74) is 1.90. The smallest absolute Gasteiger partial charge is 0.371 e. The van der Waals surface area contributed by atoms with Crippen molar-refractivity contribution in [3.63, 3.8) is 0 Å². The van der Waals surface area contributed by atoms with Gasteiger partial charge in [0.05, 0.1) is 18.0 Å². The van der Waals surface area contributed by atoms with E-state index >= 15 is 0 Å². The molecule has 4 nitrogen and oxygen atoms in total. The van der Waals surface area contributed by atoms with E-state index in [1.54, 1.807) is 4.68 Å². The third-order valence-electron chi connectivity index (χ3n) is 2.09. The lowest BCUT2D eigenvalue weighted by Gasteiger charge is -2.08. The number of hydrogen-bond acceptors (Lipinski definition) is 3. The predicted molar refractivity (Wildman–Crippen MR) is 56.5 cm³/mol. The highest BCUT2D eigenvalue weighted by Gasteiger charge is 2.27. The summed E-state index contributed by atoms with van der Waals surface area (Å²) in [5.74, 6) is 0. The van der Waals surface area contributed by atoms with Gasteiger partial charge in [-0.05, 0) is 13.0 Å². The third kappa shape index (κ3) is 5.69. The summed E-state index contributed by atoms with van der Waals surface area (Å²) in [4.78, 5) is 0. The Labute approximate surface area is 97.8 Å². The monoisotopic (exact) mass is 251 g/mol. The molecule has 0 amide bonds. The van der Waals surface area contributed by atoms with Crippen molar-refractivity contribution < 1.29 is 17.9 Å². The third-order valence-corrected chi connectivity index (χ3v) is 2.09. The van der Waals surface area contributed by atoms with Crippen LogP contribution in [0.5, 0.6) is 0 Å². The zero-order valence-corrected chi connectivity index (χ0v) is 9.84. The van der Waals surface area contributed by atoms with Gasteiger partial charge in [0.1, 0.15) is 6.61 Å². The maximum absolute atomic E-state index is 11.7. The fourth-order valence-corrected chi connectivity index (χ4v) is 1.38. The minimum atomic E-state index is -4.25. The molecule has 0 aromatic carbocycles. The molecular formula is C10H16F3N3O. The number of nitrogens with one attached hydrogen (secondary N) is 1. The normalized spacial score (nSPS) is 12.1. The van der Waals surface area contributed by atoms with Gasteiger partial charge in [-0.25, -0.2) is 0 Å². The summed E-state index contributed by atoms with van der Waals surface area (Å²) in [6.45, 7) is 1.67. The minimum Gasteiger partial charge on any atom is -0.371 e. The molecule has 1 heterocycles. The first kappa shape index (κ1) is 14.0. The second-order valence-corrected chi connectivity index (χ2v) is 3.75. The van der Waals surface area contributed by atoms with Gasteiger partial charge in [-0.15, -0.1) is 0 Å². The average molecular weight is 251 g/mol. The quantitative estimate of drug-likeness (QED) is 0.777. The lowest BCUT2D eigenvalue weighted by molar-refractivity contribution is -0.173. The van der Waals surface area contributed by atoms with Crippen molar-refractivity contribution in [2.24, 2.45) is 7.05 Å². The molecule has 0 spiro atoms. The Balaban J connectivity index is 2.11. The van der Waals surface area contributed by atoms with Gasteiger partial charge in [0.25, 0.3) is 0 Å². The van der Waals surface area contributed by atoms with Crippen LogP contribution in [0.15, 0.2) is 6.07 Å². The zero-order chi connectivity index (χ0) is 12.9. The van der Waals surface area contributed by atoms with Crippen LogP contribution in [0.2, 0.25) is 0 Å². The number of rotatable bonds is 6. The van der Waals surface area contributed by atoms with E-state index in [1.807, 2.05) is 20.0 Å². The largest absolute Gasteiger partial charge is 0.411 e. The first-order chi connectivity index (χ1) is 7.88. The number of aromatic nitrogens is 2. The molecule has 7 heteroatoms. The van der Waals surface area contributed by atoms with Crippen molar-refractivity contribution in [2.75, 3.05) is 19.8 Å². The van der Waals surface area contributed by atoms with Crippen molar-refractivity contribution in [3.8, 4) is 0 Å². The Kier molecular flexibility index (Phi) is 4.95. The summed E-state index contributed by atoms with van der Waals surface area (Å²) in [7, 11) is 1.82. The minimum absolute atomic E-state index is 0.0380. The highest BCUT2D eigenvalue weighted by atomic mass is 19.4. The van der Waals surface area contributed by atoms with E-state index in [9.17, 15) is 13.2 Å². The van der Waals surface area contributed by atoms with E-state index in [-0.39, 0.29) is 6.61 Å². The van der Waals surface area contributed by atoms with Gasteiger partial charge in [0.2, 0.25) is 0 Å². The van der Waals surface area contributed by atoms with E-state index in [0.717, 1.165) is 11.4 Å². The lowest BCUT2D eigenvalue weighted by atomic mass is 10.3. The van der Waals surface area contributed by atoms with Crippen molar-refractivity contribution in [1.82, 2.24) is 15.1 Å². The number of nitrogens with zero attached hydrogens (tertiary/aromatic N) is 2. The molecule has 0 bridgehead atoms. The predicted octanol–water partition coefficient (Wildman–Crippen LogP) is 1.40. The highest BCUT2D eigenvalue weighted by Crippen LogP contribution is 2.13. The second-order valence-electron chi connectivity index (χ2n) is 3.75. The number of ether oxygens (including phenoxy) is 1. The van der Waals surface area contributed by atoms with Crippen molar-refractivity contribution in [3.05, 3.63) is 17.5 Å². The number of aryl methyl sites for hydroxylation is 2. The Morgan fingerprint density at radius 2 is 2.18 bits per heavy atom. The van der Waals surface area contributed by atoms with E-state index in [4.69, 9.17) is 0 Å². The van der Waals surface area contributed by atoms with Gasteiger partial charge in [0.15, 0.2) is 0 Å². The summed E-state index contributed by atoms with van der Waals surface area (Å²) in [6.07, 6.45) is -4.25. The van der Waals surface area contributed by atoms with Crippen LogP contribution in [0.3, 0.4) is 0 Å². The zero-order valence-electron chi connectivity index (χ0n) is 9.84. The molecule has 0 unspecified atom stereocenters. The van der Waals surface area contributed by atoms with Crippen molar-refractivity contribution >= 4 is 0 Å². The van der Waals surface area contributed by atoms with E-state index in [1.165, 1.54) is 0 Å². The molecule has 0 aliphatic carbocycles. The SMILES string of the molecule is Cc1cc(CNCCOCC(F)(F)F)n(C)n1. The number of halogens is 3. The molecule has 1 aromatic heterocycles. The summed E-state index contributed by atoms with van der Waals surface area (Å²) >= 11 is 0. The molecule has 0 saturated heterocycles. The highest BCUT2D eigenvalue weighted by molar-refractivity contribution is 5.08. The lowest BCUT2D eigenvalue weighted by Crippen LogP contribution is -2.24. The van der Waals surface area contributed by atoms with Gasteiger partial charge in [-0.1, -0.05) is 0 Å². The molecule has 0 atom stereocenters. The first-order valence-electron chi connectivity index (χ1n) is 5.23. The maximum atomic E-state index is 11.7. The molecule has 0 radical (unpaired) electrons. The van der Waals surface area contributed by atoms with Gasteiger partial charge >= 0.3 is 6.18 Å². The number of hydrogen-bond donors (Lipinski definition) is 1. The first-order valence-corrected chi connectivity index (χ1v) is 5.23. The molecule has 17 heavy (non-hydrogen) atoms. The standard InChI is InChI=1S/C10H16F3N3O/c1-8-5-9(16(2)15-8)6-14-3-4-17-7-10(11,12)13/h5,14H,3-4,6-7H2,1-2H3. The molecule has 98 valence electrons. The molecule has 1 aromatic rings. The van der Waals surface area contributed by atoms with Crippen LogP contribution >= 0.6 is 0 Å². The fourth-order valence-electron chi connectivity index (χ4n) is 1.38. The Bertz CT molecular complexity index is 349. The van der Waals surface area contributed by atoms with Gasteiger partial charge in [-0.3, -0.25) is 4.68 Å². The molecule has 0 fully saturated rings. The Hall–Kier alpha value is -1.08. The molecule has 1 rings (SSSR count). The molecular weight excluding hydrogens is 235 g/mol. The summed E-state index contributed by atoms with van der Waals surface area (Å²) < 4.78 is 41.4. The van der Waals surface area contributed by atoms with Gasteiger partial charge in [-0.2, -0.15) is 18.3 Å². The van der Waals surface area contributed by atoms with Gasteiger partial charge in [0, 0.05) is 20.1 Å². The maximum Gasteiger partial charge on any atom is 0.411 e. The molecule has 1 N–H and O–H groups in total. The van der Waals surface area contributed by atoms with Crippen LogP contribution in [0.4, 0.5) is 13.2 Å². The van der Waals surface area contributed by atoms with Crippen LogP contribution in [0.25, 0.3) is 0 Å². The summed E-state index contributed by atoms with van der Waals surface area (Å²) in [6, 6.07) is 1.92. The second kappa shape index (κ2) is 6.02. The molecule has 0 saturated carbocycles. The Morgan fingerprint density at radius 1 is 1.47 bits per heavy atom.